The van der Waals surface area contributed by atoms with Crippen LogP contribution in [0.4, 0.5) is 0 Å². The molecule has 0 aromatic heterocycles. The first-order valence-electron chi connectivity index (χ1n) is 9.13. The van der Waals surface area contributed by atoms with E-state index in [1.54, 1.807) is 0 Å². The monoisotopic (exact) mass is 280 g/mol. The molecule has 1 aliphatic heterocycles. The molecule has 0 aromatic carbocycles. The molecule has 2 nitrogen and oxygen atoms in total. The third kappa shape index (κ3) is 5.37. The zero-order valence-corrected chi connectivity index (χ0v) is 14.0. The summed E-state index contributed by atoms with van der Waals surface area (Å²) in [6, 6.07) is 0.794. The molecular weight excluding hydrogens is 244 g/mol. The normalized spacial score (nSPS) is 30.0. The van der Waals surface area contributed by atoms with Gasteiger partial charge in [0.15, 0.2) is 0 Å². The molecule has 118 valence electrons. The Morgan fingerprint density at radius 2 is 1.55 bits per heavy atom. The molecule has 0 atom stereocenters. The van der Waals surface area contributed by atoms with Crippen LogP contribution in [0.3, 0.4) is 0 Å². The second-order valence-corrected chi connectivity index (χ2v) is 7.67. The molecule has 0 radical (unpaired) electrons. The van der Waals surface area contributed by atoms with Crippen molar-refractivity contribution in [2.45, 2.75) is 71.8 Å². The summed E-state index contributed by atoms with van der Waals surface area (Å²) in [5.41, 5.74) is 0. The van der Waals surface area contributed by atoms with Gasteiger partial charge in [-0.3, -0.25) is 0 Å². The quantitative estimate of drug-likeness (QED) is 0.793. The minimum absolute atomic E-state index is 0.794. The van der Waals surface area contributed by atoms with Crippen molar-refractivity contribution < 1.29 is 0 Å². The molecule has 2 rings (SSSR count). The minimum Gasteiger partial charge on any atom is -0.314 e. The van der Waals surface area contributed by atoms with Crippen LogP contribution in [0.2, 0.25) is 0 Å². The van der Waals surface area contributed by atoms with Crippen LogP contribution in [0.25, 0.3) is 0 Å². The van der Waals surface area contributed by atoms with Crippen molar-refractivity contribution in [3.05, 3.63) is 0 Å². The average molecular weight is 280 g/mol. The smallest absolute Gasteiger partial charge is 0.00915 e. The number of nitrogens with zero attached hydrogens (tertiary/aromatic N) is 1. The van der Waals surface area contributed by atoms with Gasteiger partial charge in [0.1, 0.15) is 0 Å². The van der Waals surface area contributed by atoms with Crippen LogP contribution in [-0.2, 0) is 0 Å². The number of hydrogen-bond acceptors (Lipinski definition) is 2. The van der Waals surface area contributed by atoms with Crippen molar-refractivity contribution in [2.75, 3.05) is 26.2 Å². The molecule has 1 N–H and O–H groups in total. The van der Waals surface area contributed by atoms with Gasteiger partial charge in [-0.25, -0.2) is 0 Å². The zero-order valence-electron chi connectivity index (χ0n) is 14.0. The number of piperidine rings is 1. The maximum Gasteiger partial charge on any atom is 0.00915 e. The lowest BCUT2D eigenvalue weighted by Gasteiger charge is -2.35. The summed E-state index contributed by atoms with van der Waals surface area (Å²) in [4.78, 5) is 2.65. The van der Waals surface area contributed by atoms with Gasteiger partial charge in [-0.2, -0.15) is 0 Å². The highest BCUT2D eigenvalue weighted by Gasteiger charge is 2.23. The van der Waals surface area contributed by atoms with Crippen molar-refractivity contribution in [3.8, 4) is 0 Å². The second-order valence-electron chi connectivity index (χ2n) is 7.67. The number of rotatable bonds is 6. The van der Waals surface area contributed by atoms with Gasteiger partial charge in [-0.05, 0) is 63.1 Å². The van der Waals surface area contributed by atoms with Crippen LogP contribution in [0.1, 0.15) is 65.7 Å². The first kappa shape index (κ1) is 16.3. The van der Waals surface area contributed by atoms with E-state index in [0.29, 0.717) is 0 Å². The summed E-state index contributed by atoms with van der Waals surface area (Å²) in [6.07, 6.45) is 10.0. The molecule has 2 heteroatoms. The van der Waals surface area contributed by atoms with Crippen molar-refractivity contribution in [3.63, 3.8) is 0 Å². The zero-order chi connectivity index (χ0) is 14.4. The van der Waals surface area contributed by atoms with Crippen LogP contribution >= 0.6 is 0 Å². The lowest BCUT2D eigenvalue weighted by atomic mass is 9.81. The fourth-order valence-corrected chi connectivity index (χ4v) is 4.01. The van der Waals surface area contributed by atoms with E-state index in [-0.39, 0.29) is 0 Å². The molecule has 0 amide bonds. The Balaban J connectivity index is 1.57. The van der Waals surface area contributed by atoms with E-state index in [9.17, 15) is 0 Å². The Kier molecular flexibility index (Phi) is 6.83. The van der Waals surface area contributed by atoms with Gasteiger partial charge in [0.2, 0.25) is 0 Å². The van der Waals surface area contributed by atoms with Crippen molar-refractivity contribution >= 4 is 0 Å². The molecule has 20 heavy (non-hydrogen) atoms. The predicted molar refractivity (Wildman–Crippen MR) is 88.0 cm³/mol. The summed E-state index contributed by atoms with van der Waals surface area (Å²) < 4.78 is 0. The summed E-state index contributed by atoms with van der Waals surface area (Å²) >= 11 is 0. The molecule has 1 aliphatic carbocycles. The fourth-order valence-electron chi connectivity index (χ4n) is 4.01. The highest BCUT2D eigenvalue weighted by atomic mass is 15.1. The molecule has 2 aliphatic rings. The molecule has 0 bridgehead atoms. The second kappa shape index (κ2) is 8.38. The molecule has 0 spiro atoms. The molecule has 1 saturated carbocycles. The SMILES string of the molecule is CCC1CCC(CNC2CCN(CC(C)C)CC2)CC1. The fraction of sp³-hybridized carbons (Fsp3) is 1.00. The predicted octanol–water partition coefficient (Wildman–Crippen LogP) is 3.91. The lowest BCUT2D eigenvalue weighted by molar-refractivity contribution is 0.172. The molecular formula is C18H36N2. The van der Waals surface area contributed by atoms with Gasteiger partial charge in [0, 0.05) is 12.6 Å². The molecule has 1 heterocycles. The van der Waals surface area contributed by atoms with Crippen LogP contribution in [0.5, 0.6) is 0 Å². The first-order valence-corrected chi connectivity index (χ1v) is 9.13. The summed E-state index contributed by atoms with van der Waals surface area (Å²) in [5.74, 6) is 2.81. The van der Waals surface area contributed by atoms with Crippen LogP contribution < -0.4 is 5.32 Å². The third-order valence-corrected chi connectivity index (χ3v) is 5.45. The number of likely N-dealkylation sites (tertiary alicyclic amines) is 1. The van der Waals surface area contributed by atoms with E-state index < -0.39 is 0 Å². The molecule has 0 aromatic rings. The van der Waals surface area contributed by atoms with Gasteiger partial charge >= 0.3 is 0 Å². The van der Waals surface area contributed by atoms with Crippen LogP contribution in [0, 0.1) is 17.8 Å². The topological polar surface area (TPSA) is 15.3 Å². The van der Waals surface area contributed by atoms with Crippen LogP contribution in [0.15, 0.2) is 0 Å². The minimum atomic E-state index is 0.794. The lowest BCUT2D eigenvalue weighted by Crippen LogP contribution is -2.45. The molecule has 0 unspecified atom stereocenters. The Bertz CT molecular complexity index is 248. The van der Waals surface area contributed by atoms with Crippen molar-refractivity contribution in [2.24, 2.45) is 17.8 Å². The standard InChI is InChI=1S/C18H36N2/c1-4-16-5-7-17(8-6-16)13-19-18-9-11-20(12-10-18)14-15(2)3/h15-19H,4-14H2,1-3H3. The van der Waals surface area contributed by atoms with Crippen molar-refractivity contribution in [1.82, 2.24) is 10.2 Å². The van der Waals surface area contributed by atoms with E-state index in [2.05, 4.69) is 31.0 Å². The van der Waals surface area contributed by atoms with Gasteiger partial charge < -0.3 is 10.2 Å². The summed E-state index contributed by atoms with van der Waals surface area (Å²) in [5, 5.41) is 3.87. The maximum atomic E-state index is 3.87. The summed E-state index contributed by atoms with van der Waals surface area (Å²) in [7, 11) is 0. The van der Waals surface area contributed by atoms with Crippen LogP contribution in [-0.4, -0.2) is 37.1 Å². The Hall–Kier alpha value is -0.0800. The van der Waals surface area contributed by atoms with Gasteiger partial charge in [-0.1, -0.05) is 40.0 Å². The van der Waals surface area contributed by atoms with E-state index in [4.69, 9.17) is 0 Å². The maximum absolute atomic E-state index is 3.87. The summed E-state index contributed by atoms with van der Waals surface area (Å²) in [6.45, 7) is 12.2. The Morgan fingerprint density at radius 1 is 0.950 bits per heavy atom. The molecule has 2 fully saturated rings. The van der Waals surface area contributed by atoms with Gasteiger partial charge in [0.05, 0.1) is 0 Å². The van der Waals surface area contributed by atoms with E-state index in [1.165, 1.54) is 71.1 Å². The highest BCUT2D eigenvalue weighted by molar-refractivity contribution is 4.80. The van der Waals surface area contributed by atoms with E-state index in [1.807, 2.05) is 0 Å². The Morgan fingerprint density at radius 3 is 2.10 bits per heavy atom. The number of hydrogen-bond donors (Lipinski definition) is 1. The number of nitrogens with one attached hydrogen (secondary N) is 1. The Labute approximate surface area is 126 Å². The third-order valence-electron chi connectivity index (χ3n) is 5.45. The highest BCUT2D eigenvalue weighted by Crippen LogP contribution is 2.30. The van der Waals surface area contributed by atoms with Gasteiger partial charge in [-0.15, -0.1) is 0 Å². The molecule has 1 saturated heterocycles. The average Bonchev–Trinajstić information content (AvgIpc) is 2.46. The van der Waals surface area contributed by atoms with E-state index in [0.717, 1.165) is 23.8 Å². The van der Waals surface area contributed by atoms with Gasteiger partial charge in [0.25, 0.3) is 0 Å². The largest absolute Gasteiger partial charge is 0.314 e. The van der Waals surface area contributed by atoms with Crippen molar-refractivity contribution in [1.29, 1.82) is 0 Å². The first-order chi connectivity index (χ1) is 9.67. The van der Waals surface area contributed by atoms with E-state index >= 15 is 0 Å².